The third-order valence-electron chi connectivity index (χ3n) is 6.73. The number of thiocarbonyl (C=S) groups is 1. The van der Waals surface area contributed by atoms with Crippen LogP contribution >= 0.6 is 12.2 Å². The summed E-state index contributed by atoms with van der Waals surface area (Å²) in [7, 11) is 0. The van der Waals surface area contributed by atoms with Crippen molar-refractivity contribution >= 4 is 29.0 Å². The molecule has 1 aliphatic heterocycles. The Kier molecular flexibility index (Phi) is 5.97. The summed E-state index contributed by atoms with van der Waals surface area (Å²) in [6, 6.07) is 19.6. The van der Waals surface area contributed by atoms with E-state index in [1.807, 2.05) is 62.1 Å². The quantitative estimate of drug-likeness (QED) is 0.318. The van der Waals surface area contributed by atoms with Crippen LogP contribution in [0.4, 0.5) is 5.69 Å². The Morgan fingerprint density at radius 3 is 2.44 bits per heavy atom. The Morgan fingerprint density at radius 2 is 1.75 bits per heavy atom. The maximum absolute atomic E-state index is 11.7. The van der Waals surface area contributed by atoms with Crippen molar-refractivity contribution < 1.29 is 15.0 Å². The lowest BCUT2D eigenvalue weighted by Gasteiger charge is -2.28. The van der Waals surface area contributed by atoms with Gasteiger partial charge in [-0.1, -0.05) is 24.3 Å². The first-order valence-electron chi connectivity index (χ1n) is 11.6. The van der Waals surface area contributed by atoms with Crippen LogP contribution in [0.2, 0.25) is 0 Å². The summed E-state index contributed by atoms with van der Waals surface area (Å²) in [6.45, 7) is 6.00. The van der Waals surface area contributed by atoms with Gasteiger partial charge in [0.15, 0.2) is 5.11 Å². The number of aromatic nitrogens is 2. The third-order valence-corrected chi connectivity index (χ3v) is 7.04. The maximum Gasteiger partial charge on any atom is 0.335 e. The van der Waals surface area contributed by atoms with Crippen LogP contribution in [-0.4, -0.2) is 30.8 Å². The molecule has 0 amide bonds. The van der Waals surface area contributed by atoms with Gasteiger partial charge in [-0.3, -0.25) is 4.98 Å². The van der Waals surface area contributed by atoms with Gasteiger partial charge < -0.3 is 25.0 Å². The summed E-state index contributed by atoms with van der Waals surface area (Å²) in [6.07, 6.45) is 1.75. The summed E-state index contributed by atoms with van der Waals surface area (Å²) in [5.74, 6) is -0.836. The van der Waals surface area contributed by atoms with Gasteiger partial charge in [0, 0.05) is 23.3 Å². The smallest absolute Gasteiger partial charge is 0.335 e. The number of hydrogen-bond donors (Lipinski definition) is 3. The molecule has 8 heteroatoms. The van der Waals surface area contributed by atoms with E-state index in [0.717, 1.165) is 33.9 Å². The van der Waals surface area contributed by atoms with E-state index >= 15 is 0 Å². The number of phenolic OH excluding ortho intramolecular Hbond substituents is 1. The number of carboxylic acids is 1. The summed E-state index contributed by atoms with van der Waals surface area (Å²) in [4.78, 5) is 18.2. The molecule has 0 aliphatic carbocycles. The predicted molar refractivity (Wildman–Crippen MR) is 143 cm³/mol. The molecule has 1 fully saturated rings. The molecule has 0 radical (unpaired) electrons. The molecule has 7 nitrogen and oxygen atoms in total. The van der Waals surface area contributed by atoms with Gasteiger partial charge >= 0.3 is 5.97 Å². The zero-order valence-corrected chi connectivity index (χ0v) is 21.0. The van der Waals surface area contributed by atoms with E-state index in [2.05, 4.69) is 20.9 Å². The zero-order chi connectivity index (χ0) is 25.6. The molecule has 36 heavy (non-hydrogen) atoms. The van der Waals surface area contributed by atoms with Crippen LogP contribution in [0.15, 0.2) is 72.9 Å². The Morgan fingerprint density at radius 1 is 1.00 bits per heavy atom. The predicted octanol–water partition coefficient (Wildman–Crippen LogP) is 5.38. The lowest BCUT2D eigenvalue weighted by atomic mass is 9.96. The summed E-state index contributed by atoms with van der Waals surface area (Å²) < 4.78 is 2.08. The van der Waals surface area contributed by atoms with Crippen LogP contribution in [0.25, 0.3) is 5.69 Å². The van der Waals surface area contributed by atoms with Crippen molar-refractivity contribution in [3.8, 4) is 11.4 Å². The van der Waals surface area contributed by atoms with Gasteiger partial charge in [0.2, 0.25) is 0 Å². The van der Waals surface area contributed by atoms with Crippen molar-refractivity contribution in [1.29, 1.82) is 0 Å². The fourth-order valence-electron chi connectivity index (χ4n) is 5.04. The highest BCUT2D eigenvalue weighted by Crippen LogP contribution is 2.45. The number of para-hydroxylation sites is 2. The van der Waals surface area contributed by atoms with Crippen molar-refractivity contribution in [3.05, 3.63) is 107 Å². The molecule has 0 saturated carbocycles. The largest absolute Gasteiger partial charge is 0.506 e. The number of rotatable bonds is 5. The second-order valence-electron chi connectivity index (χ2n) is 8.95. The number of nitrogens with zero attached hydrogens (tertiary/aromatic N) is 3. The van der Waals surface area contributed by atoms with E-state index in [4.69, 9.17) is 12.2 Å². The summed E-state index contributed by atoms with van der Waals surface area (Å²) in [5, 5.41) is 24.2. The fourth-order valence-corrected chi connectivity index (χ4v) is 5.38. The van der Waals surface area contributed by atoms with Gasteiger partial charge in [0.05, 0.1) is 29.0 Å². The molecule has 2 aromatic heterocycles. The van der Waals surface area contributed by atoms with Crippen molar-refractivity contribution in [2.24, 2.45) is 0 Å². The van der Waals surface area contributed by atoms with Gasteiger partial charge in [-0.05, 0) is 86.6 Å². The average molecular weight is 499 g/mol. The second kappa shape index (κ2) is 9.13. The number of phenols is 1. The molecule has 0 unspecified atom stereocenters. The first kappa shape index (κ1) is 23.6. The Hall–Kier alpha value is -4.17. The number of hydrogen-bond acceptors (Lipinski definition) is 4. The van der Waals surface area contributed by atoms with Gasteiger partial charge in [-0.15, -0.1) is 0 Å². The number of benzene rings is 2. The first-order valence-corrected chi connectivity index (χ1v) is 12.0. The van der Waals surface area contributed by atoms with Crippen LogP contribution in [0, 0.1) is 20.8 Å². The number of pyridine rings is 1. The summed E-state index contributed by atoms with van der Waals surface area (Å²) in [5.41, 5.74) is 6.36. The highest BCUT2D eigenvalue weighted by atomic mass is 32.1. The van der Waals surface area contributed by atoms with Crippen molar-refractivity contribution in [2.75, 3.05) is 4.90 Å². The molecule has 1 aliphatic rings. The molecule has 4 aromatic rings. The highest BCUT2D eigenvalue weighted by molar-refractivity contribution is 7.80. The van der Waals surface area contributed by atoms with E-state index in [9.17, 15) is 15.0 Å². The zero-order valence-electron chi connectivity index (χ0n) is 20.1. The minimum atomic E-state index is -0.967. The lowest BCUT2D eigenvalue weighted by Crippen LogP contribution is -2.29. The summed E-state index contributed by atoms with van der Waals surface area (Å²) >= 11 is 5.78. The second-order valence-corrected chi connectivity index (χ2v) is 9.34. The SMILES string of the molecule is Cc1ccc(C(=O)O)cc1-n1c(C)cc([C@@H]2[C@@H](c3ccccn3)NC(=S)N2c2ccccc2O)c1C. The van der Waals surface area contributed by atoms with Crippen LogP contribution in [-0.2, 0) is 0 Å². The number of aryl methyl sites for hydroxylation is 2. The monoisotopic (exact) mass is 498 g/mol. The minimum Gasteiger partial charge on any atom is -0.506 e. The highest BCUT2D eigenvalue weighted by Gasteiger charge is 2.43. The molecule has 0 spiro atoms. The standard InChI is InChI=1S/C28H26N4O3S/c1-16-11-12-19(27(34)35)15-23(16)31-17(2)14-20(18(31)3)26-25(21-8-6-7-13-29-21)30-28(36)32(26)22-9-4-5-10-24(22)33/h4-15,25-26,33H,1-3H3,(H,30,36)(H,34,35)/t25-,26-/m1/s1. The van der Waals surface area contributed by atoms with Gasteiger partial charge in [0.1, 0.15) is 5.75 Å². The Balaban J connectivity index is 1.71. The van der Waals surface area contributed by atoms with Gasteiger partial charge in [0.25, 0.3) is 0 Å². The molecule has 3 heterocycles. The van der Waals surface area contributed by atoms with E-state index in [0.29, 0.717) is 10.8 Å². The fraction of sp³-hybridized carbons (Fsp3) is 0.179. The van der Waals surface area contributed by atoms with Crippen LogP contribution in [0.3, 0.4) is 0 Å². The third kappa shape index (κ3) is 3.89. The van der Waals surface area contributed by atoms with E-state index < -0.39 is 5.97 Å². The van der Waals surface area contributed by atoms with Gasteiger partial charge in [-0.25, -0.2) is 4.79 Å². The van der Waals surface area contributed by atoms with E-state index in [1.165, 1.54) is 0 Å². The number of carbonyl (C=O) groups is 1. The number of nitrogens with one attached hydrogen (secondary N) is 1. The minimum absolute atomic E-state index is 0.132. The van der Waals surface area contributed by atoms with Crippen LogP contribution in [0.5, 0.6) is 5.75 Å². The van der Waals surface area contributed by atoms with E-state index in [-0.39, 0.29) is 23.4 Å². The van der Waals surface area contributed by atoms with Crippen molar-refractivity contribution in [1.82, 2.24) is 14.9 Å². The molecule has 0 bridgehead atoms. The van der Waals surface area contributed by atoms with Crippen LogP contribution < -0.4 is 10.2 Å². The van der Waals surface area contributed by atoms with Crippen molar-refractivity contribution in [2.45, 2.75) is 32.9 Å². The lowest BCUT2D eigenvalue weighted by molar-refractivity contribution is 0.0697. The number of aromatic hydroxyl groups is 1. The molecule has 5 rings (SSSR count). The molecule has 182 valence electrons. The maximum atomic E-state index is 11.7. The average Bonchev–Trinajstić information content (AvgIpc) is 3.35. The number of aromatic carboxylic acids is 1. The molecular formula is C28H26N4O3S. The Bertz CT molecular complexity index is 1480. The molecular weight excluding hydrogens is 472 g/mol. The van der Waals surface area contributed by atoms with Crippen LogP contribution in [0.1, 0.15) is 50.7 Å². The van der Waals surface area contributed by atoms with Gasteiger partial charge in [-0.2, -0.15) is 0 Å². The molecule has 2 aromatic carbocycles. The normalized spacial score (nSPS) is 17.3. The number of anilines is 1. The number of carboxylic acid groups (broad SMARTS) is 1. The van der Waals surface area contributed by atoms with Crippen molar-refractivity contribution in [3.63, 3.8) is 0 Å². The molecule has 2 atom stereocenters. The Labute approximate surface area is 214 Å². The first-order chi connectivity index (χ1) is 17.3. The van der Waals surface area contributed by atoms with E-state index in [1.54, 1.807) is 30.5 Å². The molecule has 3 N–H and O–H groups in total. The topological polar surface area (TPSA) is 90.6 Å². The molecule has 1 saturated heterocycles.